The zero-order valence-electron chi connectivity index (χ0n) is 9.20. The van der Waals surface area contributed by atoms with Crippen molar-refractivity contribution < 1.29 is 23.7 Å². The van der Waals surface area contributed by atoms with Crippen LogP contribution in [0.2, 0.25) is 0 Å². The Balaban J connectivity index is 2.40. The third-order valence-electron chi connectivity index (χ3n) is 2.15. The third kappa shape index (κ3) is 2.91. The highest BCUT2D eigenvalue weighted by Crippen LogP contribution is 2.25. The highest BCUT2D eigenvalue weighted by molar-refractivity contribution is 9.10. The topological polar surface area (TPSA) is 107 Å². The number of hydrogen-bond acceptors (Lipinski definition) is 5. The van der Waals surface area contributed by atoms with Crippen molar-refractivity contribution in [3.05, 3.63) is 50.6 Å². The zero-order valence-corrected chi connectivity index (χ0v) is 10.8. The molecule has 0 aliphatic rings. The van der Waals surface area contributed by atoms with Gasteiger partial charge in [0.05, 0.1) is 6.07 Å². The van der Waals surface area contributed by atoms with E-state index in [1.54, 1.807) is 0 Å². The molecule has 0 aliphatic carbocycles. The number of carboxylic acids is 1. The van der Waals surface area contributed by atoms with Crippen LogP contribution in [0.1, 0.15) is 11.5 Å². The maximum Gasteiger partial charge on any atom is 0.433 e. The minimum absolute atomic E-state index is 0.0524. The molecule has 2 aromatic heterocycles. The van der Waals surface area contributed by atoms with Gasteiger partial charge in [0, 0.05) is 0 Å². The smallest absolute Gasteiger partial charge is 0.433 e. The summed E-state index contributed by atoms with van der Waals surface area (Å²) in [6.07, 6.45) is 1.15. The van der Waals surface area contributed by atoms with Gasteiger partial charge in [-0.25, -0.2) is 4.79 Å². The molecule has 1 N–H and O–H groups in total. The van der Waals surface area contributed by atoms with Crippen LogP contribution < -0.4 is 0 Å². The molecule has 0 saturated carbocycles. The summed E-state index contributed by atoms with van der Waals surface area (Å²) < 4.78 is 10.4. The molecule has 0 fully saturated rings. The predicted octanol–water partition coefficient (Wildman–Crippen LogP) is 3.17. The third-order valence-corrected chi connectivity index (χ3v) is 2.57. The molecule has 0 saturated heterocycles. The van der Waals surface area contributed by atoms with Crippen LogP contribution in [0.25, 0.3) is 11.6 Å². The molecule has 0 atom stereocenters. The van der Waals surface area contributed by atoms with Crippen molar-refractivity contribution in [2.45, 2.75) is 0 Å². The van der Waals surface area contributed by atoms with Crippen LogP contribution in [-0.4, -0.2) is 16.0 Å². The molecule has 0 aliphatic heterocycles. The van der Waals surface area contributed by atoms with Crippen LogP contribution >= 0.6 is 15.9 Å². The first-order valence-corrected chi connectivity index (χ1v) is 5.71. The lowest BCUT2D eigenvalue weighted by Crippen LogP contribution is -1.98. The number of furan rings is 2. The van der Waals surface area contributed by atoms with Gasteiger partial charge in [-0.05, 0) is 40.2 Å². The molecule has 0 radical (unpaired) electrons. The van der Waals surface area contributed by atoms with E-state index in [0.717, 1.165) is 12.1 Å². The van der Waals surface area contributed by atoms with E-state index in [4.69, 9.17) is 13.9 Å². The lowest BCUT2D eigenvalue weighted by Gasteiger charge is -1.96. The van der Waals surface area contributed by atoms with Crippen LogP contribution in [0.4, 0.5) is 5.88 Å². The van der Waals surface area contributed by atoms with Crippen molar-refractivity contribution in [2.75, 3.05) is 0 Å². The molecular formula is C11H6BrNO6. The summed E-state index contributed by atoms with van der Waals surface area (Å²) in [6.45, 7) is 0. The Kier molecular flexibility index (Phi) is 3.52. The second-order valence-corrected chi connectivity index (χ2v) is 4.18. The van der Waals surface area contributed by atoms with Crippen LogP contribution in [0, 0.1) is 10.1 Å². The number of nitrogens with zero attached hydrogens (tertiary/aromatic N) is 1. The Hall–Kier alpha value is -2.35. The number of carbonyl (C=O) groups is 1. The second kappa shape index (κ2) is 5.11. The number of halogens is 1. The monoisotopic (exact) mass is 327 g/mol. The SMILES string of the molecule is O=C(O)/C(=C/c1ccc([N+](=O)[O-])o1)c1ccc(Br)o1. The fourth-order valence-corrected chi connectivity index (χ4v) is 1.66. The Morgan fingerprint density at radius 3 is 2.53 bits per heavy atom. The lowest BCUT2D eigenvalue weighted by atomic mass is 10.2. The van der Waals surface area contributed by atoms with E-state index in [1.165, 1.54) is 18.2 Å². The van der Waals surface area contributed by atoms with Gasteiger partial charge in [0.1, 0.15) is 22.0 Å². The summed E-state index contributed by atoms with van der Waals surface area (Å²) in [5.74, 6) is -1.53. The van der Waals surface area contributed by atoms with Gasteiger partial charge in [0.2, 0.25) is 0 Å². The number of aliphatic carboxylic acids is 1. The average molecular weight is 328 g/mol. The van der Waals surface area contributed by atoms with E-state index >= 15 is 0 Å². The summed E-state index contributed by atoms with van der Waals surface area (Å²) in [5.41, 5.74) is -0.171. The highest BCUT2D eigenvalue weighted by Gasteiger charge is 2.17. The van der Waals surface area contributed by atoms with Crippen LogP contribution in [0.3, 0.4) is 0 Å². The first-order chi connectivity index (χ1) is 8.97. The fraction of sp³-hybridized carbons (Fsp3) is 0. The van der Waals surface area contributed by atoms with Crippen molar-refractivity contribution in [3.8, 4) is 0 Å². The molecule has 8 heteroatoms. The quantitative estimate of drug-likeness (QED) is 0.525. The Morgan fingerprint density at radius 2 is 2.05 bits per heavy atom. The Labute approximate surface area is 114 Å². The van der Waals surface area contributed by atoms with Gasteiger partial charge in [-0.15, -0.1) is 0 Å². The number of nitro groups is 1. The summed E-state index contributed by atoms with van der Waals surface area (Å²) in [6, 6.07) is 5.44. The minimum atomic E-state index is -1.24. The fourth-order valence-electron chi connectivity index (χ4n) is 1.36. The predicted molar refractivity (Wildman–Crippen MR) is 67.3 cm³/mol. The van der Waals surface area contributed by atoms with Gasteiger partial charge >= 0.3 is 11.9 Å². The standard InChI is InChI=1S/C11H6BrNO6/c12-9-3-2-8(19-9)7(11(14)15)5-6-1-4-10(18-6)13(16)17/h1-5H,(H,14,15)/b7-5+. The summed E-state index contributed by atoms with van der Waals surface area (Å²) in [4.78, 5) is 20.9. The number of carboxylic acid groups (broad SMARTS) is 1. The molecule has 0 bridgehead atoms. The second-order valence-electron chi connectivity index (χ2n) is 3.40. The molecule has 0 aromatic carbocycles. The van der Waals surface area contributed by atoms with Crippen molar-refractivity contribution >= 4 is 39.4 Å². The van der Waals surface area contributed by atoms with E-state index in [-0.39, 0.29) is 17.1 Å². The van der Waals surface area contributed by atoms with E-state index < -0.39 is 16.8 Å². The number of rotatable bonds is 4. The van der Waals surface area contributed by atoms with E-state index in [2.05, 4.69) is 15.9 Å². The summed E-state index contributed by atoms with van der Waals surface area (Å²) in [7, 11) is 0. The molecular weight excluding hydrogens is 322 g/mol. The van der Waals surface area contributed by atoms with Gasteiger partial charge in [0.25, 0.3) is 0 Å². The van der Waals surface area contributed by atoms with Gasteiger partial charge in [0.15, 0.2) is 4.67 Å². The first kappa shape index (κ1) is 13.1. The molecule has 0 amide bonds. The Bertz CT molecular complexity index is 668. The van der Waals surface area contributed by atoms with Gasteiger partial charge in [-0.3, -0.25) is 10.1 Å². The maximum atomic E-state index is 11.1. The van der Waals surface area contributed by atoms with Gasteiger partial charge in [-0.1, -0.05) is 0 Å². The van der Waals surface area contributed by atoms with Crippen molar-refractivity contribution in [1.29, 1.82) is 0 Å². The maximum absolute atomic E-state index is 11.1. The Morgan fingerprint density at radius 1 is 1.32 bits per heavy atom. The molecule has 2 heterocycles. The van der Waals surface area contributed by atoms with Gasteiger partial charge < -0.3 is 13.9 Å². The van der Waals surface area contributed by atoms with Gasteiger partial charge in [-0.2, -0.15) is 0 Å². The molecule has 98 valence electrons. The molecule has 7 nitrogen and oxygen atoms in total. The normalized spacial score (nSPS) is 11.5. The van der Waals surface area contributed by atoms with Crippen molar-refractivity contribution in [3.63, 3.8) is 0 Å². The van der Waals surface area contributed by atoms with Crippen molar-refractivity contribution in [2.24, 2.45) is 0 Å². The largest absolute Gasteiger partial charge is 0.478 e. The zero-order chi connectivity index (χ0) is 14.0. The minimum Gasteiger partial charge on any atom is -0.478 e. The summed E-state index contributed by atoms with van der Waals surface area (Å²) >= 11 is 3.06. The first-order valence-electron chi connectivity index (χ1n) is 4.92. The van der Waals surface area contributed by atoms with Crippen molar-refractivity contribution in [1.82, 2.24) is 0 Å². The van der Waals surface area contributed by atoms with E-state index in [0.29, 0.717) is 4.67 Å². The molecule has 0 spiro atoms. The average Bonchev–Trinajstić information content (AvgIpc) is 2.94. The van der Waals surface area contributed by atoms with Crippen LogP contribution in [0.5, 0.6) is 0 Å². The highest BCUT2D eigenvalue weighted by atomic mass is 79.9. The van der Waals surface area contributed by atoms with E-state index in [9.17, 15) is 14.9 Å². The summed E-state index contributed by atoms with van der Waals surface area (Å²) in [5, 5.41) is 19.6. The van der Waals surface area contributed by atoms with Crippen LogP contribution in [-0.2, 0) is 4.79 Å². The lowest BCUT2D eigenvalue weighted by molar-refractivity contribution is -0.402. The molecule has 0 unspecified atom stereocenters. The molecule has 2 aromatic rings. The molecule has 2 rings (SSSR count). The van der Waals surface area contributed by atoms with E-state index in [1.807, 2.05) is 0 Å². The van der Waals surface area contributed by atoms with Crippen LogP contribution in [0.15, 0.2) is 37.8 Å². The number of hydrogen-bond donors (Lipinski definition) is 1. The molecule has 19 heavy (non-hydrogen) atoms.